The summed E-state index contributed by atoms with van der Waals surface area (Å²) in [5, 5.41) is 0.406. The zero-order valence-electron chi connectivity index (χ0n) is 14.3. The van der Waals surface area contributed by atoms with E-state index < -0.39 is 11.9 Å². The fourth-order valence-electron chi connectivity index (χ4n) is 2.13. The molecule has 132 valence electrons. The van der Waals surface area contributed by atoms with Gasteiger partial charge >= 0.3 is 11.9 Å². The Morgan fingerprint density at radius 2 is 1.79 bits per heavy atom. The van der Waals surface area contributed by atoms with Gasteiger partial charge in [0.1, 0.15) is 5.57 Å². The number of methoxy groups -OCH3 is 1. The first-order valence-corrected chi connectivity index (χ1v) is 8.12. The monoisotopic (exact) mass is 355 g/mol. The van der Waals surface area contributed by atoms with Gasteiger partial charge in [-0.25, -0.2) is 9.59 Å². The molecule has 0 saturated carbocycles. The number of rotatable bonds is 8. The number of carbonyl (C=O) groups excluding carboxylic acids is 2. The van der Waals surface area contributed by atoms with Crippen LogP contribution in [0.1, 0.15) is 38.8 Å². The van der Waals surface area contributed by atoms with Crippen LogP contribution in [0, 0.1) is 0 Å². The molecule has 0 aliphatic heterocycles. The Balaban J connectivity index is 3.33. The fraction of sp³-hybridized carbons (Fsp3) is 0.471. The van der Waals surface area contributed by atoms with E-state index >= 15 is 0 Å². The average Bonchev–Trinajstić information content (AvgIpc) is 2.56. The Kier molecular flexibility index (Phi) is 8.26. The van der Waals surface area contributed by atoms with Gasteiger partial charge in [0.25, 0.3) is 0 Å². The molecule has 0 aliphatic carbocycles. The number of hydrogen-bond donors (Lipinski definition) is 0. The Labute approximate surface area is 146 Å². The van der Waals surface area contributed by atoms with Crippen LogP contribution >= 0.6 is 11.6 Å². The summed E-state index contributed by atoms with van der Waals surface area (Å²) in [5.41, 5.74) is 0.382. The third-order valence-corrected chi connectivity index (χ3v) is 3.54. The molecule has 1 atom stereocenters. The summed E-state index contributed by atoms with van der Waals surface area (Å²) in [4.78, 5) is 28.5. The van der Waals surface area contributed by atoms with Crippen molar-refractivity contribution in [3.05, 3.63) is 34.6 Å². The maximum Gasteiger partial charge on any atom is 0.345 e. The maximum atomic E-state index is 12.1. The normalized spacial score (nSPS) is 11.4. The predicted molar refractivity (Wildman–Crippen MR) is 90.2 cm³/mol. The summed E-state index contributed by atoms with van der Waals surface area (Å²) in [6.45, 7) is 5.55. The minimum Gasteiger partial charge on any atom is -0.493 e. The molecule has 0 fully saturated rings. The van der Waals surface area contributed by atoms with Crippen LogP contribution in [0.25, 0.3) is 0 Å². The van der Waals surface area contributed by atoms with Gasteiger partial charge in [-0.05, 0) is 26.3 Å². The number of allylic oxidation sites excluding steroid dienone is 1. The van der Waals surface area contributed by atoms with Gasteiger partial charge in [-0.2, -0.15) is 0 Å². The zero-order chi connectivity index (χ0) is 18.1. The highest BCUT2D eigenvalue weighted by atomic mass is 35.5. The first-order valence-electron chi connectivity index (χ1n) is 7.74. The van der Waals surface area contributed by atoms with E-state index in [1.165, 1.54) is 13.2 Å². The Morgan fingerprint density at radius 3 is 2.25 bits per heavy atom. The summed E-state index contributed by atoms with van der Waals surface area (Å²) in [5.74, 6) is -1.40. The molecule has 0 radical (unpaired) electrons. The second-order valence-electron chi connectivity index (χ2n) is 4.75. The number of esters is 2. The smallest absolute Gasteiger partial charge is 0.345 e. The highest BCUT2D eigenvalue weighted by molar-refractivity contribution is 6.32. The van der Waals surface area contributed by atoms with Crippen molar-refractivity contribution in [2.45, 2.75) is 33.1 Å². The number of halogens is 1. The standard InChI is InChI=1S/C17H22ClNO5/c1-5-11(14-15(22-4)13(18)8-9-19-14)10-12(16(20)23-6-2)17(21)24-7-3/h8-11H,5-7H2,1-4H3. The molecule has 1 aromatic rings. The van der Waals surface area contributed by atoms with Crippen molar-refractivity contribution >= 4 is 23.5 Å². The highest BCUT2D eigenvalue weighted by Gasteiger charge is 2.25. The van der Waals surface area contributed by atoms with Gasteiger partial charge in [0, 0.05) is 12.1 Å². The van der Waals surface area contributed by atoms with Crippen molar-refractivity contribution in [2.24, 2.45) is 0 Å². The number of aromatic nitrogens is 1. The van der Waals surface area contributed by atoms with Crippen LogP contribution in [0.3, 0.4) is 0 Å². The van der Waals surface area contributed by atoms with Crippen LogP contribution in [0.2, 0.25) is 5.02 Å². The third kappa shape index (κ3) is 4.96. The number of pyridine rings is 1. The van der Waals surface area contributed by atoms with Crippen LogP contribution in [-0.2, 0) is 19.1 Å². The van der Waals surface area contributed by atoms with Gasteiger partial charge in [-0.3, -0.25) is 4.98 Å². The second-order valence-corrected chi connectivity index (χ2v) is 5.15. The second kappa shape index (κ2) is 9.93. The van der Waals surface area contributed by atoms with E-state index in [2.05, 4.69) is 4.98 Å². The lowest BCUT2D eigenvalue weighted by Gasteiger charge is -2.16. The molecule has 1 heterocycles. The minimum atomic E-state index is -0.726. The van der Waals surface area contributed by atoms with Gasteiger partial charge < -0.3 is 14.2 Å². The highest BCUT2D eigenvalue weighted by Crippen LogP contribution is 2.34. The summed E-state index contributed by atoms with van der Waals surface area (Å²) in [6.07, 6.45) is 3.62. The van der Waals surface area contributed by atoms with Crippen LogP contribution in [-0.4, -0.2) is 37.2 Å². The molecule has 0 N–H and O–H groups in total. The van der Waals surface area contributed by atoms with Gasteiger partial charge in [0.05, 0.1) is 31.0 Å². The molecular formula is C17H22ClNO5. The molecule has 0 aromatic carbocycles. The Bertz CT molecular complexity index is 595. The number of hydrogen-bond acceptors (Lipinski definition) is 6. The first kappa shape index (κ1) is 20.0. The molecule has 0 aliphatic rings. The van der Waals surface area contributed by atoms with Crippen molar-refractivity contribution in [1.82, 2.24) is 4.98 Å². The zero-order valence-corrected chi connectivity index (χ0v) is 15.1. The number of carbonyl (C=O) groups is 2. The first-order chi connectivity index (χ1) is 11.5. The molecule has 0 bridgehead atoms. The van der Waals surface area contributed by atoms with Crippen LogP contribution in [0.4, 0.5) is 0 Å². The largest absolute Gasteiger partial charge is 0.493 e. The van der Waals surface area contributed by atoms with Gasteiger partial charge in [-0.1, -0.05) is 24.6 Å². The van der Waals surface area contributed by atoms with E-state index in [0.29, 0.717) is 22.9 Å². The lowest BCUT2D eigenvalue weighted by atomic mass is 9.97. The average molecular weight is 356 g/mol. The van der Waals surface area contributed by atoms with E-state index in [4.69, 9.17) is 25.8 Å². The van der Waals surface area contributed by atoms with E-state index in [1.54, 1.807) is 26.1 Å². The molecule has 1 aromatic heterocycles. The van der Waals surface area contributed by atoms with Crippen LogP contribution in [0.15, 0.2) is 23.9 Å². The van der Waals surface area contributed by atoms with Crippen molar-refractivity contribution in [3.63, 3.8) is 0 Å². The van der Waals surface area contributed by atoms with Crippen molar-refractivity contribution in [1.29, 1.82) is 0 Å². The van der Waals surface area contributed by atoms with Gasteiger partial charge in [-0.15, -0.1) is 0 Å². The topological polar surface area (TPSA) is 74.7 Å². The fourth-order valence-corrected chi connectivity index (χ4v) is 2.36. The molecule has 0 amide bonds. The van der Waals surface area contributed by atoms with E-state index in [-0.39, 0.29) is 24.7 Å². The van der Waals surface area contributed by atoms with Crippen LogP contribution < -0.4 is 4.74 Å². The molecule has 0 spiro atoms. The quantitative estimate of drug-likeness (QED) is 0.308. The summed E-state index contributed by atoms with van der Waals surface area (Å²) >= 11 is 6.12. The Hall–Kier alpha value is -2.08. The van der Waals surface area contributed by atoms with E-state index in [0.717, 1.165) is 0 Å². The van der Waals surface area contributed by atoms with Crippen molar-refractivity contribution < 1.29 is 23.8 Å². The molecule has 0 saturated heterocycles. The molecule has 6 nitrogen and oxygen atoms in total. The van der Waals surface area contributed by atoms with Gasteiger partial charge in [0.2, 0.25) is 0 Å². The predicted octanol–water partition coefficient (Wildman–Crippen LogP) is 3.29. The van der Waals surface area contributed by atoms with E-state index in [1.807, 2.05) is 6.92 Å². The number of ether oxygens (including phenoxy) is 3. The molecule has 1 unspecified atom stereocenters. The van der Waals surface area contributed by atoms with Crippen molar-refractivity contribution in [3.8, 4) is 5.75 Å². The molecular weight excluding hydrogens is 334 g/mol. The van der Waals surface area contributed by atoms with Gasteiger partial charge in [0.15, 0.2) is 5.75 Å². The third-order valence-electron chi connectivity index (χ3n) is 3.24. The van der Waals surface area contributed by atoms with Crippen molar-refractivity contribution in [2.75, 3.05) is 20.3 Å². The summed E-state index contributed by atoms with van der Waals surface area (Å²) < 4.78 is 15.2. The number of nitrogens with zero attached hydrogens (tertiary/aromatic N) is 1. The Morgan fingerprint density at radius 1 is 1.21 bits per heavy atom. The van der Waals surface area contributed by atoms with E-state index in [9.17, 15) is 9.59 Å². The minimum absolute atomic E-state index is 0.158. The lowest BCUT2D eigenvalue weighted by molar-refractivity contribution is -0.146. The molecule has 7 heteroatoms. The summed E-state index contributed by atoms with van der Waals surface area (Å²) in [7, 11) is 1.49. The summed E-state index contributed by atoms with van der Waals surface area (Å²) in [6, 6.07) is 1.61. The van der Waals surface area contributed by atoms with Crippen LogP contribution in [0.5, 0.6) is 5.75 Å². The SMILES string of the molecule is CCOC(=O)C(=CC(CC)c1nccc(Cl)c1OC)C(=O)OCC. The molecule has 1 rings (SSSR count). The maximum absolute atomic E-state index is 12.1. The lowest BCUT2D eigenvalue weighted by Crippen LogP contribution is -2.19. The molecule has 24 heavy (non-hydrogen) atoms.